The predicted molar refractivity (Wildman–Crippen MR) is 91.0 cm³/mol. The monoisotopic (exact) mass is 361 g/mol. The highest BCUT2D eigenvalue weighted by Crippen LogP contribution is 2.21. The van der Waals surface area contributed by atoms with Gasteiger partial charge in [-0.2, -0.15) is 0 Å². The molecule has 1 atom stereocenters. The van der Waals surface area contributed by atoms with Crippen LogP contribution in [0.1, 0.15) is 12.0 Å². The van der Waals surface area contributed by atoms with Gasteiger partial charge in [0, 0.05) is 37.8 Å². The molecular weight excluding hydrogens is 341 g/mol. The summed E-state index contributed by atoms with van der Waals surface area (Å²) >= 11 is 6.04. The Hall–Kier alpha value is -1.34. The molecule has 0 aromatic heterocycles. The minimum Gasteiger partial charge on any atom is -0.356 e. The van der Waals surface area contributed by atoms with E-state index in [1.807, 2.05) is 0 Å². The molecule has 5 nitrogen and oxygen atoms in total. The van der Waals surface area contributed by atoms with Crippen molar-refractivity contribution in [2.45, 2.75) is 13.0 Å². The molecule has 2 rings (SSSR count). The van der Waals surface area contributed by atoms with Crippen LogP contribution in [0.25, 0.3) is 0 Å². The number of benzene rings is 1. The fraction of sp³-hybridized carbons (Fsp3) is 0.533. The number of hydrogen-bond donors (Lipinski definition) is 1. The fourth-order valence-corrected chi connectivity index (χ4v) is 4.73. The average molecular weight is 362 g/mol. The van der Waals surface area contributed by atoms with Crippen LogP contribution in [0.5, 0.6) is 0 Å². The molecule has 1 aromatic carbocycles. The van der Waals surface area contributed by atoms with Crippen LogP contribution in [-0.2, 0) is 16.4 Å². The number of aliphatic imine (C=N–C) groups is 1. The van der Waals surface area contributed by atoms with Gasteiger partial charge in [0.2, 0.25) is 0 Å². The zero-order valence-electron chi connectivity index (χ0n) is 13.2. The predicted octanol–water partition coefficient (Wildman–Crippen LogP) is 1.92. The number of nitrogens with one attached hydrogen (secondary N) is 1. The van der Waals surface area contributed by atoms with Gasteiger partial charge in [0.05, 0.1) is 11.5 Å². The molecule has 0 amide bonds. The molecule has 23 heavy (non-hydrogen) atoms. The third kappa shape index (κ3) is 4.81. The number of rotatable bonds is 4. The van der Waals surface area contributed by atoms with Crippen LogP contribution in [0.2, 0.25) is 5.02 Å². The molecule has 1 fully saturated rings. The Morgan fingerprint density at radius 3 is 2.83 bits per heavy atom. The van der Waals surface area contributed by atoms with E-state index in [0.717, 1.165) is 0 Å². The molecule has 0 bridgehead atoms. The minimum atomic E-state index is -2.89. The molecular formula is C15H21ClFN3O2S. The Labute approximate surface area is 141 Å². The van der Waals surface area contributed by atoms with Crippen molar-refractivity contribution in [2.75, 3.05) is 32.1 Å². The van der Waals surface area contributed by atoms with E-state index in [1.54, 1.807) is 31.1 Å². The van der Waals surface area contributed by atoms with Crippen molar-refractivity contribution >= 4 is 27.4 Å². The van der Waals surface area contributed by atoms with Crippen molar-refractivity contribution < 1.29 is 12.8 Å². The molecule has 0 aliphatic carbocycles. The maximum absolute atomic E-state index is 13.9. The average Bonchev–Trinajstić information content (AvgIpc) is 2.83. The Morgan fingerprint density at radius 2 is 2.26 bits per heavy atom. The quantitative estimate of drug-likeness (QED) is 0.657. The SMILES string of the molecule is CN=C(NCC1CCS(=O)(=O)C1)N(C)Cc1c(F)cccc1Cl. The second-order valence-electron chi connectivity index (χ2n) is 5.75. The molecule has 1 unspecified atom stereocenters. The molecule has 1 heterocycles. The van der Waals surface area contributed by atoms with Gasteiger partial charge in [-0.25, -0.2) is 12.8 Å². The van der Waals surface area contributed by atoms with Crippen molar-refractivity contribution in [3.05, 3.63) is 34.6 Å². The lowest BCUT2D eigenvalue weighted by atomic mass is 10.1. The first-order valence-electron chi connectivity index (χ1n) is 7.37. The van der Waals surface area contributed by atoms with E-state index in [4.69, 9.17) is 11.6 Å². The van der Waals surface area contributed by atoms with Crippen molar-refractivity contribution in [3.8, 4) is 0 Å². The van der Waals surface area contributed by atoms with Crippen LogP contribution >= 0.6 is 11.6 Å². The van der Waals surface area contributed by atoms with E-state index in [9.17, 15) is 12.8 Å². The Morgan fingerprint density at radius 1 is 1.52 bits per heavy atom. The van der Waals surface area contributed by atoms with Crippen LogP contribution in [0, 0.1) is 11.7 Å². The number of guanidine groups is 1. The van der Waals surface area contributed by atoms with Crippen LogP contribution in [0.4, 0.5) is 4.39 Å². The van der Waals surface area contributed by atoms with Gasteiger partial charge in [-0.05, 0) is 24.5 Å². The van der Waals surface area contributed by atoms with E-state index >= 15 is 0 Å². The lowest BCUT2D eigenvalue weighted by Crippen LogP contribution is -2.41. The van der Waals surface area contributed by atoms with Gasteiger partial charge in [0.15, 0.2) is 15.8 Å². The molecule has 0 radical (unpaired) electrons. The number of halogens is 2. The summed E-state index contributed by atoms with van der Waals surface area (Å²) in [6.07, 6.45) is 0.662. The third-order valence-electron chi connectivity index (χ3n) is 3.91. The van der Waals surface area contributed by atoms with Crippen molar-refractivity contribution in [3.63, 3.8) is 0 Å². The van der Waals surface area contributed by atoms with Gasteiger partial charge in [-0.1, -0.05) is 17.7 Å². The number of hydrogen-bond acceptors (Lipinski definition) is 3. The van der Waals surface area contributed by atoms with Crippen LogP contribution < -0.4 is 5.32 Å². The highest BCUT2D eigenvalue weighted by molar-refractivity contribution is 7.91. The maximum atomic E-state index is 13.9. The van der Waals surface area contributed by atoms with Crippen LogP contribution in [0.15, 0.2) is 23.2 Å². The van der Waals surface area contributed by atoms with Gasteiger partial charge < -0.3 is 10.2 Å². The van der Waals surface area contributed by atoms with Gasteiger partial charge in [-0.15, -0.1) is 0 Å². The van der Waals surface area contributed by atoms with E-state index in [-0.39, 0.29) is 29.8 Å². The Bertz CT molecular complexity index is 674. The molecule has 1 aromatic rings. The zero-order valence-corrected chi connectivity index (χ0v) is 14.8. The lowest BCUT2D eigenvalue weighted by Gasteiger charge is -2.24. The Balaban J connectivity index is 1.95. The molecule has 0 saturated carbocycles. The van der Waals surface area contributed by atoms with E-state index in [0.29, 0.717) is 29.5 Å². The summed E-state index contributed by atoms with van der Waals surface area (Å²) in [5.74, 6) is 0.760. The summed E-state index contributed by atoms with van der Waals surface area (Å²) in [4.78, 5) is 5.91. The van der Waals surface area contributed by atoms with Gasteiger partial charge in [0.25, 0.3) is 0 Å². The lowest BCUT2D eigenvalue weighted by molar-refractivity contribution is 0.451. The molecule has 128 valence electrons. The largest absolute Gasteiger partial charge is 0.356 e. The van der Waals surface area contributed by atoms with Crippen molar-refractivity contribution in [2.24, 2.45) is 10.9 Å². The Kier molecular flexibility index (Phi) is 5.86. The summed E-state index contributed by atoms with van der Waals surface area (Å²) in [6.45, 7) is 0.801. The normalized spacial score (nSPS) is 20.5. The van der Waals surface area contributed by atoms with Crippen molar-refractivity contribution in [1.82, 2.24) is 10.2 Å². The summed E-state index contributed by atoms with van der Waals surface area (Å²) in [6, 6.07) is 4.58. The first kappa shape index (κ1) is 18.0. The first-order chi connectivity index (χ1) is 10.8. The molecule has 1 saturated heterocycles. The first-order valence-corrected chi connectivity index (χ1v) is 9.57. The van der Waals surface area contributed by atoms with E-state index in [2.05, 4.69) is 10.3 Å². The van der Waals surface area contributed by atoms with Gasteiger partial charge in [0.1, 0.15) is 5.82 Å². The van der Waals surface area contributed by atoms with Gasteiger partial charge in [-0.3, -0.25) is 4.99 Å². The topological polar surface area (TPSA) is 61.8 Å². The summed E-state index contributed by atoms with van der Waals surface area (Å²) in [5, 5.41) is 3.52. The second-order valence-corrected chi connectivity index (χ2v) is 8.39. The van der Waals surface area contributed by atoms with Crippen LogP contribution in [0.3, 0.4) is 0 Å². The summed E-state index contributed by atoms with van der Waals surface area (Å²) in [5.41, 5.74) is 0.406. The molecule has 1 aliphatic heterocycles. The zero-order chi connectivity index (χ0) is 17.0. The van der Waals surface area contributed by atoms with Gasteiger partial charge >= 0.3 is 0 Å². The molecule has 0 spiro atoms. The highest BCUT2D eigenvalue weighted by atomic mass is 35.5. The maximum Gasteiger partial charge on any atom is 0.193 e. The molecule has 1 aliphatic rings. The minimum absolute atomic E-state index is 0.0854. The standard InChI is InChI=1S/C15H21ClFN3O2S/c1-18-15(19-8-11-6-7-23(21,22)10-11)20(2)9-12-13(16)4-3-5-14(12)17/h3-5,11H,6-10H2,1-2H3,(H,18,19). The highest BCUT2D eigenvalue weighted by Gasteiger charge is 2.28. The number of nitrogens with zero attached hydrogens (tertiary/aromatic N) is 2. The number of sulfone groups is 1. The second kappa shape index (κ2) is 7.49. The smallest absolute Gasteiger partial charge is 0.193 e. The fourth-order valence-electron chi connectivity index (χ4n) is 2.65. The van der Waals surface area contributed by atoms with Crippen LogP contribution in [-0.4, -0.2) is 51.4 Å². The van der Waals surface area contributed by atoms with E-state index < -0.39 is 9.84 Å². The summed E-state index contributed by atoms with van der Waals surface area (Å²) in [7, 11) is 0.523. The molecule has 1 N–H and O–H groups in total. The summed E-state index contributed by atoms with van der Waals surface area (Å²) < 4.78 is 36.8. The third-order valence-corrected chi connectivity index (χ3v) is 6.10. The van der Waals surface area contributed by atoms with Crippen molar-refractivity contribution in [1.29, 1.82) is 0 Å². The molecule has 8 heteroatoms. The van der Waals surface area contributed by atoms with E-state index in [1.165, 1.54) is 6.07 Å².